The van der Waals surface area contributed by atoms with Crippen molar-refractivity contribution < 1.29 is 0 Å². The van der Waals surface area contributed by atoms with Crippen molar-refractivity contribution in [1.82, 2.24) is 15.0 Å². The van der Waals surface area contributed by atoms with Gasteiger partial charge in [-0.3, -0.25) is 0 Å². The second kappa shape index (κ2) is 4.13. The SMILES string of the molecule is Clc1ccccc1-c1nc2ncc(Br)cc2[nH]1. The number of aromatic amines is 1. The Bertz CT molecular complexity index is 693. The number of rotatable bonds is 1. The lowest BCUT2D eigenvalue weighted by Crippen LogP contribution is -1.80. The summed E-state index contributed by atoms with van der Waals surface area (Å²) in [6.45, 7) is 0. The molecule has 0 fully saturated rings. The molecule has 0 saturated carbocycles. The molecule has 0 saturated heterocycles. The number of hydrogen-bond acceptors (Lipinski definition) is 2. The van der Waals surface area contributed by atoms with E-state index in [1.54, 1.807) is 6.20 Å². The van der Waals surface area contributed by atoms with Gasteiger partial charge in [0.2, 0.25) is 0 Å². The van der Waals surface area contributed by atoms with Gasteiger partial charge in [-0.2, -0.15) is 0 Å². The molecule has 2 heterocycles. The van der Waals surface area contributed by atoms with Crippen molar-refractivity contribution in [2.24, 2.45) is 0 Å². The fourth-order valence-corrected chi connectivity index (χ4v) is 2.21. The monoisotopic (exact) mass is 307 g/mol. The molecule has 3 rings (SSSR count). The number of nitrogens with one attached hydrogen (secondary N) is 1. The molecule has 0 amide bonds. The standard InChI is InChI=1S/C12H7BrClN3/c13-7-5-10-12(15-6-7)17-11(16-10)8-3-1-2-4-9(8)14/h1-6H,(H,15,16,17). The molecule has 0 spiro atoms. The maximum absolute atomic E-state index is 6.13. The van der Waals surface area contributed by atoms with Crippen LogP contribution >= 0.6 is 27.5 Å². The number of fused-ring (bicyclic) bond motifs is 1. The summed E-state index contributed by atoms with van der Waals surface area (Å²) in [7, 11) is 0. The minimum Gasteiger partial charge on any atom is -0.336 e. The summed E-state index contributed by atoms with van der Waals surface area (Å²) in [6, 6.07) is 9.53. The van der Waals surface area contributed by atoms with Crippen LogP contribution in [-0.2, 0) is 0 Å². The highest BCUT2D eigenvalue weighted by Crippen LogP contribution is 2.27. The first kappa shape index (κ1) is 10.7. The molecule has 0 aliphatic rings. The summed E-state index contributed by atoms with van der Waals surface area (Å²) in [5.74, 6) is 0.733. The highest BCUT2D eigenvalue weighted by molar-refractivity contribution is 9.10. The second-order valence-corrected chi connectivity index (χ2v) is 4.91. The molecule has 84 valence electrons. The van der Waals surface area contributed by atoms with Crippen LogP contribution in [0, 0.1) is 0 Å². The average Bonchev–Trinajstić information content (AvgIpc) is 2.72. The fraction of sp³-hybridized carbons (Fsp3) is 0. The first-order valence-electron chi connectivity index (χ1n) is 5.00. The van der Waals surface area contributed by atoms with Crippen LogP contribution in [-0.4, -0.2) is 15.0 Å². The summed E-state index contributed by atoms with van der Waals surface area (Å²) >= 11 is 9.50. The van der Waals surface area contributed by atoms with Crippen LogP contribution < -0.4 is 0 Å². The Labute approximate surface area is 111 Å². The van der Waals surface area contributed by atoms with E-state index in [1.807, 2.05) is 30.3 Å². The molecule has 5 heteroatoms. The smallest absolute Gasteiger partial charge is 0.178 e. The van der Waals surface area contributed by atoms with Gasteiger partial charge < -0.3 is 4.98 Å². The Hall–Kier alpha value is -1.39. The summed E-state index contributed by atoms with van der Waals surface area (Å²) < 4.78 is 0.916. The summed E-state index contributed by atoms with van der Waals surface area (Å²) in [6.07, 6.45) is 1.72. The van der Waals surface area contributed by atoms with Crippen LogP contribution in [0.2, 0.25) is 5.02 Å². The molecule has 3 nitrogen and oxygen atoms in total. The van der Waals surface area contributed by atoms with E-state index in [1.165, 1.54) is 0 Å². The van der Waals surface area contributed by atoms with E-state index in [-0.39, 0.29) is 0 Å². The maximum Gasteiger partial charge on any atom is 0.178 e. The van der Waals surface area contributed by atoms with Gasteiger partial charge in [0.1, 0.15) is 5.82 Å². The number of nitrogens with zero attached hydrogens (tertiary/aromatic N) is 2. The lowest BCUT2D eigenvalue weighted by Gasteiger charge is -1.98. The molecule has 0 unspecified atom stereocenters. The zero-order valence-corrected chi connectivity index (χ0v) is 11.0. The van der Waals surface area contributed by atoms with E-state index in [4.69, 9.17) is 11.6 Å². The minimum absolute atomic E-state index is 0.672. The number of benzene rings is 1. The van der Waals surface area contributed by atoms with Crippen LogP contribution in [0.25, 0.3) is 22.6 Å². The Morgan fingerprint density at radius 3 is 2.88 bits per heavy atom. The third-order valence-electron chi connectivity index (χ3n) is 2.43. The lowest BCUT2D eigenvalue weighted by atomic mass is 10.2. The molecule has 17 heavy (non-hydrogen) atoms. The molecule has 1 N–H and O–H groups in total. The quantitative estimate of drug-likeness (QED) is 0.737. The van der Waals surface area contributed by atoms with Crippen molar-refractivity contribution in [1.29, 1.82) is 0 Å². The van der Waals surface area contributed by atoms with Crippen molar-refractivity contribution in [2.45, 2.75) is 0 Å². The molecular formula is C12H7BrClN3. The van der Waals surface area contributed by atoms with Crippen molar-refractivity contribution in [3.63, 3.8) is 0 Å². The van der Waals surface area contributed by atoms with Gasteiger partial charge in [-0.1, -0.05) is 23.7 Å². The van der Waals surface area contributed by atoms with Crippen molar-refractivity contribution in [2.75, 3.05) is 0 Å². The van der Waals surface area contributed by atoms with E-state index < -0.39 is 0 Å². The second-order valence-electron chi connectivity index (χ2n) is 3.59. The van der Waals surface area contributed by atoms with Crippen LogP contribution in [0.3, 0.4) is 0 Å². The van der Waals surface area contributed by atoms with E-state index in [0.717, 1.165) is 21.4 Å². The predicted octanol–water partition coefficient (Wildman–Crippen LogP) is 4.04. The van der Waals surface area contributed by atoms with Crippen molar-refractivity contribution >= 4 is 38.7 Å². The van der Waals surface area contributed by atoms with Crippen LogP contribution in [0.4, 0.5) is 0 Å². The molecule has 0 aliphatic heterocycles. The summed E-state index contributed by atoms with van der Waals surface area (Å²) in [5.41, 5.74) is 2.45. The number of aromatic nitrogens is 3. The molecule has 1 aromatic carbocycles. The first-order valence-corrected chi connectivity index (χ1v) is 6.17. The first-order chi connectivity index (χ1) is 8.24. The Balaban J connectivity index is 2.22. The van der Waals surface area contributed by atoms with E-state index >= 15 is 0 Å². The average molecular weight is 309 g/mol. The third kappa shape index (κ3) is 1.94. The van der Waals surface area contributed by atoms with Crippen molar-refractivity contribution in [3.8, 4) is 11.4 Å². The van der Waals surface area contributed by atoms with Crippen LogP contribution in [0.5, 0.6) is 0 Å². The number of imidazole rings is 1. The third-order valence-corrected chi connectivity index (χ3v) is 3.20. The van der Waals surface area contributed by atoms with Crippen LogP contribution in [0.1, 0.15) is 0 Å². The van der Waals surface area contributed by atoms with Gasteiger partial charge in [-0.15, -0.1) is 0 Å². The Morgan fingerprint density at radius 1 is 1.24 bits per heavy atom. The highest BCUT2D eigenvalue weighted by atomic mass is 79.9. The molecule has 0 aliphatic carbocycles. The van der Waals surface area contributed by atoms with Crippen LogP contribution in [0.15, 0.2) is 41.0 Å². The zero-order valence-electron chi connectivity index (χ0n) is 8.61. The molecule has 0 radical (unpaired) electrons. The van der Waals surface area contributed by atoms with E-state index in [9.17, 15) is 0 Å². The van der Waals surface area contributed by atoms with Gasteiger partial charge in [0.15, 0.2) is 5.65 Å². The molecule has 0 bridgehead atoms. The molecule has 2 aromatic heterocycles. The lowest BCUT2D eigenvalue weighted by molar-refractivity contribution is 1.30. The fourth-order valence-electron chi connectivity index (χ4n) is 1.66. The van der Waals surface area contributed by atoms with E-state index in [0.29, 0.717) is 10.7 Å². The maximum atomic E-state index is 6.13. The summed E-state index contributed by atoms with van der Waals surface area (Å²) in [4.78, 5) is 11.8. The van der Waals surface area contributed by atoms with Gasteiger partial charge >= 0.3 is 0 Å². The summed E-state index contributed by atoms with van der Waals surface area (Å²) in [5, 5.41) is 0.672. The molecule has 0 atom stereocenters. The minimum atomic E-state index is 0.672. The molecular weight excluding hydrogens is 302 g/mol. The van der Waals surface area contributed by atoms with Crippen molar-refractivity contribution in [3.05, 3.63) is 46.0 Å². The molecule has 3 aromatic rings. The van der Waals surface area contributed by atoms with Gasteiger partial charge in [-0.25, -0.2) is 9.97 Å². The predicted molar refractivity (Wildman–Crippen MR) is 72.0 cm³/mol. The van der Waals surface area contributed by atoms with Gasteiger partial charge in [-0.05, 0) is 34.1 Å². The van der Waals surface area contributed by atoms with Gasteiger partial charge in [0.05, 0.1) is 10.5 Å². The highest BCUT2D eigenvalue weighted by Gasteiger charge is 2.08. The number of H-pyrrole nitrogens is 1. The number of pyridine rings is 1. The number of halogens is 2. The number of hydrogen-bond donors (Lipinski definition) is 1. The largest absolute Gasteiger partial charge is 0.336 e. The Kier molecular flexibility index (Phi) is 2.61. The Morgan fingerprint density at radius 2 is 2.06 bits per heavy atom. The topological polar surface area (TPSA) is 41.6 Å². The zero-order chi connectivity index (χ0) is 11.8. The normalized spacial score (nSPS) is 10.9. The van der Waals surface area contributed by atoms with E-state index in [2.05, 4.69) is 30.9 Å². The van der Waals surface area contributed by atoms with Gasteiger partial charge in [0.25, 0.3) is 0 Å². The van der Waals surface area contributed by atoms with Gasteiger partial charge in [0, 0.05) is 16.2 Å².